The molecule has 120 valence electrons. The van der Waals surface area contributed by atoms with E-state index in [9.17, 15) is 4.79 Å². The maximum Gasteiger partial charge on any atom is 0.246 e. The summed E-state index contributed by atoms with van der Waals surface area (Å²) < 4.78 is 5.16. The Labute approximate surface area is 135 Å². The number of hydrogen-bond acceptors (Lipinski definition) is 6. The third-order valence-corrected chi connectivity index (χ3v) is 3.05. The first-order chi connectivity index (χ1) is 10.1. The summed E-state index contributed by atoms with van der Waals surface area (Å²) in [6, 6.07) is 3.15. The molecule has 1 amide bonds. The van der Waals surface area contributed by atoms with E-state index in [2.05, 4.69) is 15.1 Å². The van der Waals surface area contributed by atoms with Crippen molar-refractivity contribution in [2.45, 2.75) is 32.4 Å². The van der Waals surface area contributed by atoms with E-state index in [1.165, 1.54) is 4.90 Å². The Kier molecular flexibility index (Phi) is 6.94. The molecule has 2 aromatic rings. The van der Waals surface area contributed by atoms with Gasteiger partial charge in [0.05, 0.1) is 12.6 Å². The van der Waals surface area contributed by atoms with Crippen LogP contribution in [0.1, 0.15) is 25.7 Å². The highest BCUT2D eigenvalue weighted by molar-refractivity contribution is 5.85. The molecule has 0 fully saturated rings. The van der Waals surface area contributed by atoms with E-state index in [-0.39, 0.29) is 24.9 Å². The Morgan fingerprint density at radius 2 is 2.27 bits per heavy atom. The molecule has 2 rings (SSSR count). The Morgan fingerprint density at radius 3 is 2.91 bits per heavy atom. The molecule has 2 aromatic heterocycles. The zero-order valence-electron chi connectivity index (χ0n) is 12.6. The van der Waals surface area contributed by atoms with Gasteiger partial charge < -0.3 is 15.2 Å². The third kappa shape index (κ3) is 4.51. The van der Waals surface area contributed by atoms with Crippen LogP contribution >= 0.6 is 12.4 Å². The van der Waals surface area contributed by atoms with Gasteiger partial charge in [-0.1, -0.05) is 18.5 Å². The van der Waals surface area contributed by atoms with Crippen LogP contribution in [-0.2, 0) is 11.3 Å². The smallest absolute Gasteiger partial charge is 0.246 e. The predicted molar refractivity (Wildman–Crippen MR) is 84.1 cm³/mol. The van der Waals surface area contributed by atoms with Crippen molar-refractivity contribution in [2.24, 2.45) is 5.73 Å². The van der Waals surface area contributed by atoms with Gasteiger partial charge >= 0.3 is 0 Å². The molecule has 0 aliphatic carbocycles. The summed E-state index contributed by atoms with van der Waals surface area (Å²) in [6.07, 6.45) is 4.85. The SMILES string of the molecule is CCCC(N)C(=O)N(C)Cc1nc(-c2cccnc2)no1.Cl. The fraction of sp³-hybridized carbons (Fsp3) is 0.429. The van der Waals surface area contributed by atoms with Crippen molar-refractivity contribution in [3.05, 3.63) is 30.4 Å². The number of halogens is 1. The van der Waals surface area contributed by atoms with Gasteiger partial charge in [0.15, 0.2) is 0 Å². The van der Waals surface area contributed by atoms with Crippen molar-refractivity contribution in [3.8, 4) is 11.4 Å². The molecule has 0 spiro atoms. The molecule has 7 nitrogen and oxygen atoms in total. The van der Waals surface area contributed by atoms with Crippen LogP contribution in [0.3, 0.4) is 0 Å². The number of carbonyl (C=O) groups excluding carboxylic acids is 1. The van der Waals surface area contributed by atoms with Crippen LogP contribution < -0.4 is 5.73 Å². The average molecular weight is 326 g/mol. The van der Waals surface area contributed by atoms with Crippen molar-refractivity contribution in [1.29, 1.82) is 0 Å². The van der Waals surface area contributed by atoms with Gasteiger partial charge in [-0.2, -0.15) is 4.98 Å². The zero-order valence-corrected chi connectivity index (χ0v) is 13.4. The third-order valence-electron chi connectivity index (χ3n) is 3.05. The molecule has 0 aliphatic heterocycles. The summed E-state index contributed by atoms with van der Waals surface area (Å²) in [4.78, 5) is 21.8. The maximum atomic E-state index is 12.0. The van der Waals surface area contributed by atoms with Crippen LogP contribution in [0.4, 0.5) is 0 Å². The van der Waals surface area contributed by atoms with Gasteiger partial charge in [-0.15, -0.1) is 12.4 Å². The molecular formula is C14H20ClN5O2. The van der Waals surface area contributed by atoms with Gasteiger partial charge in [-0.3, -0.25) is 9.78 Å². The van der Waals surface area contributed by atoms with Crippen molar-refractivity contribution in [2.75, 3.05) is 7.05 Å². The Balaban J connectivity index is 0.00000242. The average Bonchev–Trinajstić information content (AvgIpc) is 2.96. The Bertz CT molecular complexity index is 590. The molecule has 2 heterocycles. The topological polar surface area (TPSA) is 98.1 Å². The van der Waals surface area contributed by atoms with Crippen LogP contribution in [0.2, 0.25) is 0 Å². The molecule has 0 bridgehead atoms. The lowest BCUT2D eigenvalue weighted by atomic mass is 10.1. The van der Waals surface area contributed by atoms with Crippen molar-refractivity contribution < 1.29 is 9.32 Å². The normalized spacial score (nSPS) is 11.6. The first-order valence-electron chi connectivity index (χ1n) is 6.85. The second-order valence-electron chi connectivity index (χ2n) is 4.84. The molecule has 1 unspecified atom stereocenters. The molecule has 22 heavy (non-hydrogen) atoms. The maximum absolute atomic E-state index is 12.0. The number of rotatable bonds is 6. The van der Waals surface area contributed by atoms with Crippen LogP contribution in [0, 0.1) is 0 Å². The van der Waals surface area contributed by atoms with Crippen LogP contribution in [0.25, 0.3) is 11.4 Å². The van der Waals surface area contributed by atoms with Crippen molar-refractivity contribution in [1.82, 2.24) is 20.0 Å². The Morgan fingerprint density at radius 1 is 1.50 bits per heavy atom. The standard InChI is InChI=1S/C14H19N5O2.ClH/c1-3-5-11(15)14(20)19(2)9-12-17-13(18-21-12)10-6-4-7-16-8-10;/h4,6-8,11H,3,5,9,15H2,1-2H3;1H. The van der Waals surface area contributed by atoms with Gasteiger partial charge in [0.25, 0.3) is 0 Å². The second kappa shape index (κ2) is 8.45. The molecule has 0 saturated carbocycles. The summed E-state index contributed by atoms with van der Waals surface area (Å²) in [6.45, 7) is 2.23. The largest absolute Gasteiger partial charge is 0.337 e. The minimum Gasteiger partial charge on any atom is -0.337 e. The van der Waals surface area contributed by atoms with E-state index >= 15 is 0 Å². The van der Waals surface area contributed by atoms with Gasteiger partial charge in [-0.05, 0) is 18.6 Å². The lowest BCUT2D eigenvalue weighted by Gasteiger charge is -2.19. The number of carbonyl (C=O) groups is 1. The number of aromatic nitrogens is 3. The summed E-state index contributed by atoms with van der Waals surface area (Å²) >= 11 is 0. The molecule has 2 N–H and O–H groups in total. The summed E-state index contributed by atoms with van der Waals surface area (Å²) in [7, 11) is 1.67. The molecule has 0 aliphatic rings. The van der Waals surface area contributed by atoms with E-state index in [4.69, 9.17) is 10.3 Å². The zero-order chi connectivity index (χ0) is 15.2. The number of amides is 1. The quantitative estimate of drug-likeness (QED) is 0.867. The van der Waals surface area contributed by atoms with E-state index in [0.717, 1.165) is 12.0 Å². The number of hydrogen-bond donors (Lipinski definition) is 1. The highest BCUT2D eigenvalue weighted by Crippen LogP contribution is 2.14. The molecule has 0 aromatic carbocycles. The number of pyridine rings is 1. The van der Waals surface area contributed by atoms with Crippen molar-refractivity contribution >= 4 is 18.3 Å². The molecule has 0 saturated heterocycles. The first-order valence-corrected chi connectivity index (χ1v) is 6.85. The number of likely N-dealkylation sites (N-methyl/N-ethyl adjacent to an activating group) is 1. The molecule has 8 heteroatoms. The fourth-order valence-electron chi connectivity index (χ4n) is 1.93. The summed E-state index contributed by atoms with van der Waals surface area (Å²) in [5, 5.41) is 3.88. The molecule has 1 atom stereocenters. The van der Waals surface area contributed by atoms with E-state index < -0.39 is 6.04 Å². The fourth-order valence-corrected chi connectivity index (χ4v) is 1.93. The minimum atomic E-state index is -0.485. The number of nitrogens with zero attached hydrogens (tertiary/aromatic N) is 4. The van der Waals surface area contributed by atoms with Crippen LogP contribution in [0.15, 0.2) is 29.0 Å². The minimum absolute atomic E-state index is 0. The number of nitrogens with two attached hydrogens (primary N) is 1. The lowest BCUT2D eigenvalue weighted by Crippen LogP contribution is -2.41. The van der Waals surface area contributed by atoms with Gasteiger partial charge in [0.1, 0.15) is 0 Å². The van der Waals surface area contributed by atoms with Crippen LogP contribution in [-0.4, -0.2) is 39.0 Å². The highest BCUT2D eigenvalue weighted by atomic mass is 35.5. The summed E-state index contributed by atoms with van der Waals surface area (Å²) in [5.74, 6) is 0.697. The summed E-state index contributed by atoms with van der Waals surface area (Å²) in [5.41, 5.74) is 6.58. The second-order valence-corrected chi connectivity index (χ2v) is 4.84. The van der Waals surface area contributed by atoms with Gasteiger partial charge in [0, 0.05) is 25.0 Å². The molecule has 0 radical (unpaired) electrons. The first kappa shape index (κ1) is 18.1. The lowest BCUT2D eigenvalue weighted by molar-refractivity contribution is -0.132. The monoisotopic (exact) mass is 325 g/mol. The predicted octanol–water partition coefficient (Wildman–Crippen LogP) is 1.64. The van der Waals surface area contributed by atoms with E-state index in [1.807, 2.05) is 13.0 Å². The van der Waals surface area contributed by atoms with Gasteiger partial charge in [0.2, 0.25) is 17.6 Å². The Hall–Kier alpha value is -1.99. The highest BCUT2D eigenvalue weighted by Gasteiger charge is 2.19. The molecular weight excluding hydrogens is 306 g/mol. The van der Waals surface area contributed by atoms with E-state index in [0.29, 0.717) is 18.1 Å². The van der Waals surface area contributed by atoms with Gasteiger partial charge in [-0.25, -0.2) is 0 Å². The van der Waals surface area contributed by atoms with Crippen LogP contribution in [0.5, 0.6) is 0 Å². The van der Waals surface area contributed by atoms with E-state index in [1.54, 1.807) is 25.5 Å². The van der Waals surface area contributed by atoms with Crippen molar-refractivity contribution in [3.63, 3.8) is 0 Å².